The third-order valence-corrected chi connectivity index (χ3v) is 4.96. The van der Waals surface area contributed by atoms with E-state index in [4.69, 9.17) is 14.2 Å². The molecule has 1 saturated heterocycles. The SMILES string of the molecule is COc1cccc(OC)c1OC1CCN(CC(=O)N[C@@H](C)C(C)C)CC1. The number of hydrogen-bond donors (Lipinski definition) is 1. The van der Waals surface area contributed by atoms with Crippen LogP contribution < -0.4 is 19.5 Å². The van der Waals surface area contributed by atoms with E-state index in [1.165, 1.54) is 0 Å². The molecule has 6 nitrogen and oxygen atoms in total. The first-order valence-corrected chi connectivity index (χ1v) is 9.34. The minimum atomic E-state index is 0.0918. The van der Waals surface area contributed by atoms with E-state index in [9.17, 15) is 4.79 Å². The molecule has 1 aromatic rings. The number of amides is 1. The minimum absolute atomic E-state index is 0.0918. The molecule has 1 fully saturated rings. The molecule has 26 heavy (non-hydrogen) atoms. The molecule has 1 aromatic carbocycles. The summed E-state index contributed by atoms with van der Waals surface area (Å²) in [5.74, 6) is 2.54. The largest absolute Gasteiger partial charge is 0.493 e. The zero-order valence-electron chi connectivity index (χ0n) is 16.6. The van der Waals surface area contributed by atoms with Gasteiger partial charge in [-0.25, -0.2) is 0 Å². The summed E-state index contributed by atoms with van der Waals surface area (Å²) in [5.41, 5.74) is 0. The monoisotopic (exact) mass is 364 g/mol. The lowest BCUT2D eigenvalue weighted by Crippen LogP contribution is -2.46. The summed E-state index contributed by atoms with van der Waals surface area (Å²) in [6.07, 6.45) is 1.83. The van der Waals surface area contributed by atoms with Crippen LogP contribution in [0.5, 0.6) is 17.2 Å². The summed E-state index contributed by atoms with van der Waals surface area (Å²) < 4.78 is 17.0. The maximum absolute atomic E-state index is 12.1. The third-order valence-electron chi connectivity index (χ3n) is 4.96. The number of carbonyl (C=O) groups is 1. The summed E-state index contributed by atoms with van der Waals surface area (Å²) in [6.45, 7) is 8.39. The summed E-state index contributed by atoms with van der Waals surface area (Å²) in [5, 5.41) is 3.06. The summed E-state index contributed by atoms with van der Waals surface area (Å²) in [4.78, 5) is 14.3. The number of nitrogens with zero attached hydrogens (tertiary/aromatic N) is 1. The second kappa shape index (κ2) is 9.67. The topological polar surface area (TPSA) is 60.0 Å². The van der Waals surface area contributed by atoms with Gasteiger partial charge in [-0.1, -0.05) is 19.9 Å². The van der Waals surface area contributed by atoms with E-state index in [0.29, 0.717) is 29.7 Å². The average Bonchev–Trinajstić information content (AvgIpc) is 2.63. The van der Waals surface area contributed by atoms with Crippen molar-refractivity contribution >= 4 is 5.91 Å². The van der Waals surface area contributed by atoms with Gasteiger partial charge in [0, 0.05) is 19.1 Å². The Hall–Kier alpha value is -1.95. The fraction of sp³-hybridized carbons (Fsp3) is 0.650. The van der Waals surface area contributed by atoms with E-state index in [2.05, 4.69) is 24.1 Å². The molecule has 1 atom stereocenters. The van der Waals surface area contributed by atoms with Crippen molar-refractivity contribution in [1.82, 2.24) is 10.2 Å². The molecule has 0 aliphatic carbocycles. The first-order chi connectivity index (χ1) is 12.4. The maximum Gasteiger partial charge on any atom is 0.234 e. The van der Waals surface area contributed by atoms with Gasteiger partial charge in [0.2, 0.25) is 11.7 Å². The zero-order valence-corrected chi connectivity index (χ0v) is 16.6. The lowest BCUT2D eigenvalue weighted by Gasteiger charge is -2.32. The number of piperidine rings is 1. The highest BCUT2D eigenvalue weighted by molar-refractivity contribution is 5.78. The highest BCUT2D eigenvalue weighted by atomic mass is 16.5. The van der Waals surface area contributed by atoms with Gasteiger partial charge in [0.05, 0.1) is 20.8 Å². The highest BCUT2D eigenvalue weighted by Gasteiger charge is 2.24. The van der Waals surface area contributed by atoms with E-state index >= 15 is 0 Å². The number of nitrogens with one attached hydrogen (secondary N) is 1. The van der Waals surface area contributed by atoms with Crippen LogP contribution in [0, 0.1) is 5.92 Å². The van der Waals surface area contributed by atoms with E-state index in [-0.39, 0.29) is 18.1 Å². The number of carbonyl (C=O) groups excluding carboxylic acids is 1. The van der Waals surface area contributed by atoms with Crippen LogP contribution in [0.15, 0.2) is 18.2 Å². The van der Waals surface area contributed by atoms with Crippen molar-refractivity contribution in [3.8, 4) is 17.2 Å². The molecule has 1 amide bonds. The average molecular weight is 364 g/mol. The van der Waals surface area contributed by atoms with Crippen molar-refractivity contribution in [2.75, 3.05) is 33.9 Å². The van der Waals surface area contributed by atoms with Gasteiger partial charge in [-0.15, -0.1) is 0 Å². The Bertz CT molecular complexity index is 561. The number of hydrogen-bond acceptors (Lipinski definition) is 5. The van der Waals surface area contributed by atoms with Gasteiger partial charge in [-0.3, -0.25) is 9.69 Å². The molecule has 0 saturated carbocycles. The van der Waals surface area contributed by atoms with E-state index in [1.54, 1.807) is 14.2 Å². The summed E-state index contributed by atoms with van der Waals surface area (Å²) in [7, 11) is 3.25. The predicted molar refractivity (Wildman–Crippen MR) is 102 cm³/mol. The molecule has 6 heteroatoms. The Kier molecular flexibility index (Phi) is 7.57. The van der Waals surface area contributed by atoms with E-state index in [0.717, 1.165) is 25.9 Å². The fourth-order valence-electron chi connectivity index (χ4n) is 2.95. The van der Waals surface area contributed by atoms with Crippen LogP contribution in [0.25, 0.3) is 0 Å². The molecule has 1 aliphatic heterocycles. The second-order valence-electron chi connectivity index (χ2n) is 7.19. The van der Waals surface area contributed by atoms with Crippen LogP contribution in [0.1, 0.15) is 33.6 Å². The van der Waals surface area contributed by atoms with Gasteiger partial charge in [0.25, 0.3) is 0 Å². The number of likely N-dealkylation sites (tertiary alicyclic amines) is 1. The molecule has 0 spiro atoms. The Labute approximate surface area is 156 Å². The molecular formula is C20H32N2O4. The third kappa shape index (κ3) is 5.53. The number of methoxy groups -OCH3 is 2. The molecular weight excluding hydrogens is 332 g/mol. The van der Waals surface area contributed by atoms with Crippen molar-refractivity contribution in [1.29, 1.82) is 0 Å². The molecule has 146 valence electrons. The molecule has 0 unspecified atom stereocenters. The molecule has 1 aliphatic rings. The fourth-order valence-corrected chi connectivity index (χ4v) is 2.95. The molecule has 0 aromatic heterocycles. The number of ether oxygens (including phenoxy) is 3. The Balaban J connectivity index is 1.85. The van der Waals surface area contributed by atoms with Gasteiger partial charge in [0.15, 0.2) is 11.5 Å². The molecule has 1 N–H and O–H groups in total. The lowest BCUT2D eigenvalue weighted by atomic mass is 10.1. The number of rotatable bonds is 8. The van der Waals surface area contributed by atoms with Crippen LogP contribution in [-0.2, 0) is 4.79 Å². The van der Waals surface area contributed by atoms with Gasteiger partial charge in [-0.2, -0.15) is 0 Å². The van der Waals surface area contributed by atoms with Crippen LogP contribution >= 0.6 is 0 Å². The number of benzene rings is 1. The predicted octanol–water partition coefficient (Wildman–Crippen LogP) is 2.71. The molecule has 2 rings (SSSR count). The molecule has 0 bridgehead atoms. The Morgan fingerprint density at radius 2 is 1.73 bits per heavy atom. The molecule has 0 radical (unpaired) electrons. The Morgan fingerprint density at radius 1 is 1.15 bits per heavy atom. The van der Waals surface area contributed by atoms with Gasteiger partial charge < -0.3 is 19.5 Å². The number of para-hydroxylation sites is 1. The van der Waals surface area contributed by atoms with Crippen molar-refractivity contribution in [2.45, 2.75) is 45.8 Å². The summed E-state index contributed by atoms with van der Waals surface area (Å²) in [6, 6.07) is 5.81. The second-order valence-corrected chi connectivity index (χ2v) is 7.19. The van der Waals surface area contributed by atoms with Crippen LogP contribution in [-0.4, -0.2) is 56.8 Å². The van der Waals surface area contributed by atoms with Gasteiger partial charge in [-0.05, 0) is 37.8 Å². The smallest absolute Gasteiger partial charge is 0.234 e. The lowest BCUT2D eigenvalue weighted by molar-refractivity contribution is -0.123. The standard InChI is InChI=1S/C20H32N2O4/c1-14(2)15(3)21-19(23)13-22-11-9-16(10-12-22)26-20-17(24-4)7-6-8-18(20)25-5/h6-8,14-16H,9-13H2,1-5H3,(H,21,23)/t15-/m0/s1. The zero-order chi connectivity index (χ0) is 19.1. The molecule has 1 heterocycles. The van der Waals surface area contributed by atoms with E-state index < -0.39 is 0 Å². The quantitative estimate of drug-likeness (QED) is 0.769. The van der Waals surface area contributed by atoms with E-state index in [1.807, 2.05) is 25.1 Å². The van der Waals surface area contributed by atoms with Crippen molar-refractivity contribution < 1.29 is 19.0 Å². The summed E-state index contributed by atoms with van der Waals surface area (Å²) >= 11 is 0. The minimum Gasteiger partial charge on any atom is -0.493 e. The van der Waals surface area contributed by atoms with Crippen molar-refractivity contribution in [3.63, 3.8) is 0 Å². The van der Waals surface area contributed by atoms with Gasteiger partial charge in [0.1, 0.15) is 6.10 Å². The van der Waals surface area contributed by atoms with Crippen molar-refractivity contribution in [3.05, 3.63) is 18.2 Å². The highest BCUT2D eigenvalue weighted by Crippen LogP contribution is 2.38. The van der Waals surface area contributed by atoms with Gasteiger partial charge >= 0.3 is 0 Å². The Morgan fingerprint density at radius 3 is 2.23 bits per heavy atom. The van der Waals surface area contributed by atoms with Crippen LogP contribution in [0.2, 0.25) is 0 Å². The van der Waals surface area contributed by atoms with Crippen LogP contribution in [0.3, 0.4) is 0 Å². The van der Waals surface area contributed by atoms with Crippen molar-refractivity contribution in [2.24, 2.45) is 5.92 Å². The van der Waals surface area contributed by atoms with Crippen LogP contribution in [0.4, 0.5) is 0 Å². The first-order valence-electron chi connectivity index (χ1n) is 9.34. The maximum atomic E-state index is 12.1. The first kappa shape index (κ1) is 20.4. The normalized spacial score (nSPS) is 17.0.